The van der Waals surface area contributed by atoms with Crippen molar-refractivity contribution >= 4 is 24.4 Å². The van der Waals surface area contributed by atoms with Gasteiger partial charge in [0.1, 0.15) is 6.04 Å². The first kappa shape index (κ1) is 26.7. The molecule has 3 N–H and O–H groups in total. The van der Waals surface area contributed by atoms with Crippen molar-refractivity contribution in [3.05, 3.63) is 35.9 Å². The minimum absolute atomic E-state index is 0.0992. The maximum absolute atomic E-state index is 13.2. The molecule has 0 aliphatic heterocycles. The zero-order valence-corrected chi connectivity index (χ0v) is 20.7. The van der Waals surface area contributed by atoms with Gasteiger partial charge in [0.2, 0.25) is 11.8 Å². The van der Waals surface area contributed by atoms with Crippen LogP contribution in [0.1, 0.15) is 70.8 Å². The lowest BCUT2D eigenvalue weighted by atomic mass is 9.84. The number of nitrogens with one attached hydrogen (secondary N) is 2. The summed E-state index contributed by atoms with van der Waals surface area (Å²) in [6.45, 7) is 4.69. The molecule has 180 valence electrons. The first-order valence-electron chi connectivity index (χ1n) is 12.3. The molecule has 0 bridgehead atoms. The Kier molecular flexibility index (Phi) is 12.2. The number of hydrogen-bond donors (Lipinski definition) is 4. The van der Waals surface area contributed by atoms with Gasteiger partial charge in [0.15, 0.2) is 0 Å². The lowest BCUT2D eigenvalue weighted by Crippen LogP contribution is -2.50. The minimum atomic E-state index is -0.621. The van der Waals surface area contributed by atoms with Crippen LogP contribution in [0.5, 0.6) is 0 Å². The van der Waals surface area contributed by atoms with Gasteiger partial charge in [-0.25, -0.2) is 0 Å². The second kappa shape index (κ2) is 14.6. The summed E-state index contributed by atoms with van der Waals surface area (Å²) in [5.74, 6) is 0.585. The highest BCUT2D eigenvalue weighted by atomic mass is 32.1. The van der Waals surface area contributed by atoms with Crippen molar-refractivity contribution < 1.29 is 14.7 Å². The molecular formula is C26H42N2O3S. The van der Waals surface area contributed by atoms with E-state index in [9.17, 15) is 14.7 Å². The topological polar surface area (TPSA) is 78.4 Å². The summed E-state index contributed by atoms with van der Waals surface area (Å²) >= 11 is 4.16. The van der Waals surface area contributed by atoms with Gasteiger partial charge in [0.25, 0.3) is 0 Å². The van der Waals surface area contributed by atoms with Crippen molar-refractivity contribution in [2.24, 2.45) is 17.8 Å². The number of benzene rings is 1. The SMILES string of the molecule is CC(C)CC(CC(O)CS)C(=O)N[C@@H](CC1CCCCC1)C(=O)NCCc1ccccc1. The smallest absolute Gasteiger partial charge is 0.242 e. The third-order valence-electron chi connectivity index (χ3n) is 6.38. The first-order valence-corrected chi connectivity index (χ1v) is 12.9. The Labute approximate surface area is 199 Å². The number of amides is 2. The molecule has 1 fully saturated rings. The van der Waals surface area contributed by atoms with E-state index in [1.807, 2.05) is 18.2 Å². The number of aliphatic hydroxyl groups is 1. The van der Waals surface area contributed by atoms with Crippen LogP contribution in [0.15, 0.2) is 30.3 Å². The molecule has 3 atom stereocenters. The highest BCUT2D eigenvalue weighted by Gasteiger charge is 2.29. The van der Waals surface area contributed by atoms with Crippen molar-refractivity contribution in [3.63, 3.8) is 0 Å². The van der Waals surface area contributed by atoms with Crippen molar-refractivity contribution in [3.8, 4) is 0 Å². The van der Waals surface area contributed by atoms with Crippen LogP contribution in [-0.4, -0.2) is 41.4 Å². The molecule has 2 amide bonds. The monoisotopic (exact) mass is 462 g/mol. The second-order valence-corrected chi connectivity index (χ2v) is 10.1. The molecule has 1 saturated carbocycles. The van der Waals surface area contributed by atoms with Crippen LogP contribution in [0.2, 0.25) is 0 Å². The van der Waals surface area contributed by atoms with Crippen LogP contribution < -0.4 is 10.6 Å². The second-order valence-electron chi connectivity index (χ2n) is 9.73. The molecule has 1 aromatic carbocycles. The van der Waals surface area contributed by atoms with Gasteiger partial charge in [0.05, 0.1) is 6.10 Å². The van der Waals surface area contributed by atoms with Crippen LogP contribution in [0, 0.1) is 17.8 Å². The van der Waals surface area contributed by atoms with E-state index >= 15 is 0 Å². The zero-order valence-electron chi connectivity index (χ0n) is 19.8. The summed E-state index contributed by atoms with van der Waals surface area (Å²) < 4.78 is 0. The fourth-order valence-electron chi connectivity index (χ4n) is 4.66. The Hall–Kier alpha value is -1.53. The molecule has 0 saturated heterocycles. The summed E-state index contributed by atoms with van der Waals surface area (Å²) in [5, 5.41) is 16.2. The Morgan fingerprint density at radius 2 is 1.75 bits per heavy atom. The van der Waals surface area contributed by atoms with E-state index in [4.69, 9.17) is 0 Å². The van der Waals surface area contributed by atoms with E-state index in [0.717, 1.165) is 19.3 Å². The number of thiol groups is 1. The number of hydrogen-bond acceptors (Lipinski definition) is 4. The molecule has 32 heavy (non-hydrogen) atoms. The highest BCUT2D eigenvalue weighted by molar-refractivity contribution is 7.80. The maximum atomic E-state index is 13.2. The third-order valence-corrected chi connectivity index (χ3v) is 6.80. The van der Waals surface area contributed by atoms with Crippen LogP contribution in [0.3, 0.4) is 0 Å². The number of carbonyl (C=O) groups excluding carboxylic acids is 2. The predicted molar refractivity (Wildman–Crippen MR) is 134 cm³/mol. The molecule has 0 aromatic heterocycles. The van der Waals surface area contributed by atoms with Crippen LogP contribution in [0.4, 0.5) is 0 Å². The predicted octanol–water partition coefficient (Wildman–Crippen LogP) is 4.14. The van der Waals surface area contributed by atoms with Gasteiger partial charge < -0.3 is 15.7 Å². The fraction of sp³-hybridized carbons (Fsp3) is 0.692. The summed E-state index contributed by atoms with van der Waals surface area (Å²) in [4.78, 5) is 26.2. The molecule has 1 aliphatic carbocycles. The standard InChI is InChI=1S/C26H42N2O3S/c1-19(2)15-22(17-23(29)18-32)25(30)28-24(16-21-11-7-4-8-12-21)26(31)27-14-13-20-9-5-3-6-10-20/h3,5-6,9-10,19,21-24,29,32H,4,7-8,11-18H2,1-2H3,(H,27,31)(H,28,30)/t22?,23?,24-/m0/s1. The van der Waals surface area contributed by atoms with E-state index in [2.05, 4.69) is 49.2 Å². The molecule has 5 nitrogen and oxygen atoms in total. The Morgan fingerprint density at radius 3 is 2.38 bits per heavy atom. The molecule has 1 aliphatic rings. The lowest BCUT2D eigenvalue weighted by Gasteiger charge is -2.28. The summed E-state index contributed by atoms with van der Waals surface area (Å²) in [6.07, 6.45) is 7.79. The number of rotatable bonds is 13. The Bertz CT molecular complexity index is 677. The number of aliphatic hydroxyl groups excluding tert-OH is 1. The molecule has 6 heteroatoms. The summed E-state index contributed by atoms with van der Waals surface area (Å²) in [5.41, 5.74) is 1.18. The van der Waals surface area contributed by atoms with Crippen molar-refractivity contribution in [1.29, 1.82) is 0 Å². The fourth-order valence-corrected chi connectivity index (χ4v) is 4.81. The molecule has 0 spiro atoms. The molecule has 1 aromatic rings. The third kappa shape index (κ3) is 9.95. The normalized spacial score (nSPS) is 17.5. The summed E-state index contributed by atoms with van der Waals surface area (Å²) in [6, 6.07) is 9.56. The van der Waals surface area contributed by atoms with Gasteiger partial charge >= 0.3 is 0 Å². The minimum Gasteiger partial charge on any atom is -0.392 e. The number of carbonyl (C=O) groups is 2. The van der Waals surface area contributed by atoms with Crippen molar-refractivity contribution in [2.45, 2.75) is 83.8 Å². The maximum Gasteiger partial charge on any atom is 0.242 e. The first-order chi connectivity index (χ1) is 15.4. The average molecular weight is 463 g/mol. The Balaban J connectivity index is 2.01. The molecule has 0 radical (unpaired) electrons. The van der Waals surface area contributed by atoms with Gasteiger partial charge in [-0.1, -0.05) is 76.3 Å². The van der Waals surface area contributed by atoms with E-state index in [-0.39, 0.29) is 17.7 Å². The van der Waals surface area contributed by atoms with Gasteiger partial charge in [-0.15, -0.1) is 0 Å². The van der Waals surface area contributed by atoms with Gasteiger partial charge in [-0.05, 0) is 43.1 Å². The van der Waals surface area contributed by atoms with Gasteiger partial charge in [0, 0.05) is 18.2 Å². The zero-order chi connectivity index (χ0) is 23.3. The molecule has 2 rings (SSSR count). The van der Waals surface area contributed by atoms with E-state index < -0.39 is 12.1 Å². The van der Waals surface area contributed by atoms with Crippen LogP contribution in [0.25, 0.3) is 0 Å². The van der Waals surface area contributed by atoms with Crippen molar-refractivity contribution in [2.75, 3.05) is 12.3 Å². The van der Waals surface area contributed by atoms with E-state index in [1.54, 1.807) is 0 Å². The largest absolute Gasteiger partial charge is 0.392 e. The Morgan fingerprint density at radius 1 is 1.06 bits per heavy atom. The average Bonchev–Trinajstić information content (AvgIpc) is 2.79. The lowest BCUT2D eigenvalue weighted by molar-refractivity contribution is -0.132. The van der Waals surface area contributed by atoms with Gasteiger partial charge in [-0.3, -0.25) is 9.59 Å². The summed E-state index contributed by atoms with van der Waals surface area (Å²) in [7, 11) is 0. The van der Waals surface area contributed by atoms with Gasteiger partial charge in [-0.2, -0.15) is 12.6 Å². The van der Waals surface area contributed by atoms with Crippen molar-refractivity contribution in [1.82, 2.24) is 10.6 Å². The van der Waals surface area contributed by atoms with Crippen LogP contribution in [-0.2, 0) is 16.0 Å². The van der Waals surface area contributed by atoms with E-state index in [0.29, 0.717) is 43.4 Å². The molecule has 0 heterocycles. The highest BCUT2D eigenvalue weighted by Crippen LogP contribution is 2.28. The van der Waals surface area contributed by atoms with Crippen LogP contribution >= 0.6 is 12.6 Å². The molecular weight excluding hydrogens is 420 g/mol. The quantitative estimate of drug-likeness (QED) is 0.333. The molecule has 2 unspecified atom stereocenters. The van der Waals surface area contributed by atoms with E-state index in [1.165, 1.54) is 24.8 Å².